The third-order valence-corrected chi connectivity index (χ3v) is 3.71. The van der Waals surface area contributed by atoms with E-state index in [1.54, 1.807) is 0 Å². The number of alkyl halides is 2. The molecule has 1 fully saturated rings. The van der Waals surface area contributed by atoms with Crippen LogP contribution < -0.4 is 5.32 Å². The van der Waals surface area contributed by atoms with Crippen LogP contribution in [0.1, 0.15) is 34.1 Å². The number of ether oxygens (including phenoxy) is 1. The van der Waals surface area contributed by atoms with Gasteiger partial charge in [0.25, 0.3) is 5.92 Å². The molecule has 1 aliphatic rings. The first-order chi connectivity index (χ1) is 8.23. The van der Waals surface area contributed by atoms with Gasteiger partial charge in [0, 0.05) is 12.6 Å². The van der Waals surface area contributed by atoms with Gasteiger partial charge in [0.1, 0.15) is 0 Å². The number of halogens is 2. The topological polar surface area (TPSA) is 38.3 Å². The number of rotatable bonds is 4. The van der Waals surface area contributed by atoms with Crippen LogP contribution in [-0.2, 0) is 9.53 Å². The maximum atomic E-state index is 13.5. The van der Waals surface area contributed by atoms with Crippen molar-refractivity contribution in [2.45, 2.75) is 46.1 Å². The van der Waals surface area contributed by atoms with Crippen LogP contribution in [0.5, 0.6) is 0 Å². The van der Waals surface area contributed by atoms with Gasteiger partial charge in [-0.2, -0.15) is 0 Å². The van der Waals surface area contributed by atoms with E-state index in [4.69, 9.17) is 4.74 Å². The molecule has 0 aliphatic carbocycles. The summed E-state index contributed by atoms with van der Waals surface area (Å²) in [5.41, 5.74) is 0. The Morgan fingerprint density at radius 3 is 2.50 bits per heavy atom. The van der Waals surface area contributed by atoms with E-state index >= 15 is 0 Å². The molecule has 18 heavy (non-hydrogen) atoms. The van der Waals surface area contributed by atoms with Crippen molar-refractivity contribution in [1.82, 2.24) is 5.32 Å². The second-order valence-corrected chi connectivity index (χ2v) is 5.57. The molecule has 0 aromatic heterocycles. The van der Waals surface area contributed by atoms with E-state index in [9.17, 15) is 13.6 Å². The Balaban J connectivity index is 2.69. The maximum absolute atomic E-state index is 13.5. The molecule has 0 bridgehead atoms. The van der Waals surface area contributed by atoms with Crippen molar-refractivity contribution in [2.24, 2.45) is 17.8 Å². The summed E-state index contributed by atoms with van der Waals surface area (Å²) in [5, 5.41) is 2.82. The largest absolute Gasteiger partial charge is 0.381 e. The second kappa shape index (κ2) is 5.95. The molecular weight excluding hydrogens is 240 g/mol. The molecule has 5 heteroatoms. The average molecular weight is 263 g/mol. The van der Waals surface area contributed by atoms with Crippen LogP contribution in [0.25, 0.3) is 0 Å². The van der Waals surface area contributed by atoms with Crippen molar-refractivity contribution in [2.75, 3.05) is 13.2 Å². The first-order valence-corrected chi connectivity index (χ1v) is 6.49. The lowest BCUT2D eigenvalue weighted by atomic mass is 9.83. The first-order valence-electron chi connectivity index (χ1n) is 6.49. The normalized spacial score (nSPS) is 27.1. The van der Waals surface area contributed by atoms with Crippen LogP contribution in [0.3, 0.4) is 0 Å². The van der Waals surface area contributed by atoms with Crippen molar-refractivity contribution in [3.63, 3.8) is 0 Å². The predicted octanol–water partition coefficient (Wildman–Crippen LogP) is 2.46. The lowest BCUT2D eigenvalue weighted by Crippen LogP contribution is -2.49. The van der Waals surface area contributed by atoms with Crippen molar-refractivity contribution in [3.8, 4) is 0 Å². The van der Waals surface area contributed by atoms with Crippen molar-refractivity contribution >= 4 is 5.91 Å². The second-order valence-electron chi connectivity index (χ2n) is 5.57. The van der Waals surface area contributed by atoms with Gasteiger partial charge in [-0.15, -0.1) is 0 Å². The Kier molecular flexibility index (Phi) is 5.08. The molecule has 1 N–H and O–H groups in total. The molecule has 1 saturated heterocycles. The highest BCUT2D eigenvalue weighted by molar-refractivity contribution is 5.79. The standard InChI is InChI=1S/C13H23F2NO2/c1-8(2)9(3)16-12(17)10-5-6-18-7-11(10)13(4,14)15/h8-11H,5-7H2,1-4H3,(H,16,17)/t9-,10?,11+/m1/s1. The van der Waals surface area contributed by atoms with Gasteiger partial charge >= 0.3 is 0 Å². The summed E-state index contributed by atoms with van der Waals surface area (Å²) in [6, 6.07) is -0.00789. The number of nitrogens with one attached hydrogen (secondary N) is 1. The minimum absolute atomic E-state index is 0.00789. The van der Waals surface area contributed by atoms with E-state index in [-0.39, 0.29) is 24.5 Å². The van der Waals surface area contributed by atoms with E-state index < -0.39 is 17.8 Å². The molecule has 0 radical (unpaired) electrons. The summed E-state index contributed by atoms with van der Waals surface area (Å²) >= 11 is 0. The summed E-state index contributed by atoms with van der Waals surface area (Å²) in [4.78, 5) is 12.1. The minimum atomic E-state index is -2.89. The zero-order valence-corrected chi connectivity index (χ0v) is 11.5. The Morgan fingerprint density at radius 2 is 2.00 bits per heavy atom. The molecule has 1 unspecified atom stereocenters. The van der Waals surface area contributed by atoms with Crippen LogP contribution in [0, 0.1) is 17.8 Å². The van der Waals surface area contributed by atoms with E-state index in [0.29, 0.717) is 13.0 Å². The van der Waals surface area contributed by atoms with Crippen molar-refractivity contribution in [1.29, 1.82) is 0 Å². The van der Waals surface area contributed by atoms with Crippen LogP contribution >= 0.6 is 0 Å². The van der Waals surface area contributed by atoms with Gasteiger partial charge in [0.15, 0.2) is 0 Å². The van der Waals surface area contributed by atoms with E-state index in [2.05, 4.69) is 5.32 Å². The van der Waals surface area contributed by atoms with Crippen LogP contribution in [-0.4, -0.2) is 31.1 Å². The van der Waals surface area contributed by atoms with Crippen LogP contribution in [0.4, 0.5) is 8.78 Å². The van der Waals surface area contributed by atoms with Gasteiger partial charge < -0.3 is 10.1 Å². The zero-order valence-electron chi connectivity index (χ0n) is 11.5. The van der Waals surface area contributed by atoms with Gasteiger partial charge in [0.05, 0.1) is 18.4 Å². The average Bonchev–Trinajstić information content (AvgIpc) is 2.27. The van der Waals surface area contributed by atoms with Gasteiger partial charge in [-0.05, 0) is 26.2 Å². The summed E-state index contributed by atoms with van der Waals surface area (Å²) in [6.07, 6.45) is 0.366. The van der Waals surface area contributed by atoms with Crippen molar-refractivity contribution in [3.05, 3.63) is 0 Å². The Bertz CT molecular complexity index is 289. The molecule has 1 amide bonds. The number of carbonyl (C=O) groups is 1. The number of amides is 1. The van der Waals surface area contributed by atoms with Gasteiger partial charge in [-0.3, -0.25) is 4.79 Å². The quantitative estimate of drug-likeness (QED) is 0.846. The third-order valence-electron chi connectivity index (χ3n) is 3.71. The molecule has 0 aromatic rings. The molecular formula is C13H23F2NO2. The van der Waals surface area contributed by atoms with Crippen LogP contribution in [0.2, 0.25) is 0 Å². The minimum Gasteiger partial charge on any atom is -0.381 e. The molecule has 0 saturated carbocycles. The van der Waals surface area contributed by atoms with E-state index in [1.807, 2.05) is 20.8 Å². The van der Waals surface area contributed by atoms with Gasteiger partial charge in [-0.25, -0.2) is 8.78 Å². The molecule has 3 nitrogen and oxygen atoms in total. The van der Waals surface area contributed by atoms with E-state index in [1.165, 1.54) is 0 Å². The lowest BCUT2D eigenvalue weighted by molar-refractivity contribution is -0.151. The fraction of sp³-hybridized carbons (Fsp3) is 0.923. The molecule has 1 aliphatic heterocycles. The molecule has 3 atom stereocenters. The SMILES string of the molecule is CC(C)[C@@H](C)NC(=O)C1CCOC[C@@H]1C(C)(F)F. The highest BCUT2D eigenvalue weighted by atomic mass is 19.3. The number of hydrogen-bond acceptors (Lipinski definition) is 2. The zero-order chi connectivity index (χ0) is 13.9. The monoisotopic (exact) mass is 263 g/mol. The fourth-order valence-electron chi connectivity index (χ4n) is 2.05. The molecule has 0 aromatic carbocycles. The Labute approximate surface area is 107 Å². The molecule has 1 rings (SSSR count). The molecule has 106 valence electrons. The Hall–Kier alpha value is -0.710. The summed E-state index contributed by atoms with van der Waals surface area (Å²) in [7, 11) is 0. The molecule has 0 spiro atoms. The smallest absolute Gasteiger partial charge is 0.251 e. The van der Waals surface area contributed by atoms with Gasteiger partial charge in [0.2, 0.25) is 5.91 Å². The summed E-state index contributed by atoms with van der Waals surface area (Å²) in [6.45, 7) is 7.06. The van der Waals surface area contributed by atoms with Gasteiger partial charge in [-0.1, -0.05) is 13.8 Å². The Morgan fingerprint density at radius 1 is 1.39 bits per heavy atom. The first kappa shape index (κ1) is 15.3. The van der Waals surface area contributed by atoms with Crippen LogP contribution in [0.15, 0.2) is 0 Å². The maximum Gasteiger partial charge on any atom is 0.251 e. The highest BCUT2D eigenvalue weighted by Gasteiger charge is 2.45. The number of carbonyl (C=O) groups excluding carboxylic acids is 1. The fourth-order valence-corrected chi connectivity index (χ4v) is 2.05. The highest BCUT2D eigenvalue weighted by Crippen LogP contribution is 2.35. The number of hydrogen-bond donors (Lipinski definition) is 1. The summed E-state index contributed by atoms with van der Waals surface area (Å²) < 4.78 is 32.0. The molecule has 1 heterocycles. The third kappa shape index (κ3) is 3.90. The lowest BCUT2D eigenvalue weighted by Gasteiger charge is -2.35. The van der Waals surface area contributed by atoms with E-state index in [0.717, 1.165) is 6.92 Å². The van der Waals surface area contributed by atoms with Crippen molar-refractivity contribution < 1.29 is 18.3 Å². The predicted molar refractivity (Wildman–Crippen MR) is 65.5 cm³/mol. The summed E-state index contributed by atoms with van der Waals surface area (Å²) in [5.74, 6) is -4.55.